The molecule has 0 saturated carbocycles. The SMILES string of the molecule is O=C(O)C(F)(F)F.O=C(c1cccs1)N(CCS(=O)(=O)N1CCNCC1)CC1CCCO1. The molecule has 0 bridgehead atoms. The van der Waals surface area contributed by atoms with Gasteiger partial charge in [-0.2, -0.15) is 17.5 Å². The van der Waals surface area contributed by atoms with E-state index in [1.165, 1.54) is 15.6 Å². The summed E-state index contributed by atoms with van der Waals surface area (Å²) in [5.74, 6) is -2.91. The molecule has 14 heteroatoms. The Morgan fingerprint density at radius 1 is 1.31 bits per heavy atom. The number of halogens is 3. The average Bonchev–Trinajstić information content (AvgIpc) is 3.45. The van der Waals surface area contributed by atoms with Gasteiger partial charge < -0.3 is 20.1 Å². The predicted octanol–water partition coefficient (Wildman–Crippen LogP) is 1.24. The zero-order chi connectivity index (χ0) is 23.8. The van der Waals surface area contributed by atoms with E-state index in [4.69, 9.17) is 14.6 Å². The van der Waals surface area contributed by atoms with Crippen LogP contribution >= 0.6 is 11.3 Å². The molecule has 9 nitrogen and oxygen atoms in total. The fraction of sp³-hybridized carbons (Fsp3) is 0.667. The second-order valence-corrected chi connectivity index (χ2v) is 10.2. The number of carboxylic acids is 1. The lowest BCUT2D eigenvalue weighted by atomic mass is 10.2. The Hall–Kier alpha value is -1.74. The minimum absolute atomic E-state index is 0.00537. The minimum atomic E-state index is -5.08. The maximum absolute atomic E-state index is 12.7. The quantitative estimate of drug-likeness (QED) is 0.578. The summed E-state index contributed by atoms with van der Waals surface area (Å²) in [6.07, 6.45) is -3.17. The van der Waals surface area contributed by atoms with Crippen molar-refractivity contribution in [2.75, 3.05) is 51.6 Å². The van der Waals surface area contributed by atoms with Gasteiger partial charge >= 0.3 is 12.1 Å². The molecular weight excluding hydrogens is 475 g/mol. The number of piperazine rings is 1. The highest BCUT2D eigenvalue weighted by atomic mass is 32.2. The Labute approximate surface area is 188 Å². The summed E-state index contributed by atoms with van der Waals surface area (Å²) in [6.45, 7) is 3.70. The van der Waals surface area contributed by atoms with Gasteiger partial charge in [0.1, 0.15) is 0 Å². The lowest BCUT2D eigenvalue weighted by Crippen LogP contribution is -2.49. The molecule has 3 heterocycles. The molecule has 2 aliphatic heterocycles. The van der Waals surface area contributed by atoms with Crippen molar-refractivity contribution in [3.63, 3.8) is 0 Å². The number of ether oxygens (including phenoxy) is 1. The molecule has 1 unspecified atom stereocenters. The lowest BCUT2D eigenvalue weighted by molar-refractivity contribution is -0.192. The van der Waals surface area contributed by atoms with Gasteiger partial charge in [0, 0.05) is 45.9 Å². The van der Waals surface area contributed by atoms with Crippen molar-refractivity contribution in [3.05, 3.63) is 22.4 Å². The summed E-state index contributed by atoms with van der Waals surface area (Å²) >= 11 is 1.38. The van der Waals surface area contributed by atoms with Gasteiger partial charge in [-0.05, 0) is 24.3 Å². The van der Waals surface area contributed by atoms with E-state index in [9.17, 15) is 26.4 Å². The number of thiophene rings is 1. The smallest absolute Gasteiger partial charge is 0.475 e. The standard InChI is InChI=1S/C16H25N3O4S2.C2HF3O2/c20-16(15-4-2-11-24-15)18(13-14-3-1-10-23-14)9-12-25(21,22)19-7-5-17-6-8-19;3-2(4,5)1(6)7/h2,4,11,14,17H,1,3,5-10,12-13H2;(H,6,7). The predicted molar refractivity (Wildman–Crippen MR) is 111 cm³/mol. The van der Waals surface area contributed by atoms with Crippen LogP contribution in [0.5, 0.6) is 0 Å². The lowest BCUT2D eigenvalue weighted by Gasteiger charge is -2.29. The molecule has 1 amide bonds. The minimum Gasteiger partial charge on any atom is -0.475 e. The highest BCUT2D eigenvalue weighted by molar-refractivity contribution is 7.89. The van der Waals surface area contributed by atoms with Crippen LogP contribution in [0.4, 0.5) is 13.2 Å². The Morgan fingerprint density at radius 2 is 1.97 bits per heavy atom. The summed E-state index contributed by atoms with van der Waals surface area (Å²) < 4.78 is 64.0. The van der Waals surface area contributed by atoms with Crippen LogP contribution in [0.25, 0.3) is 0 Å². The first-order valence-corrected chi connectivity index (χ1v) is 12.4. The highest BCUT2D eigenvalue weighted by Crippen LogP contribution is 2.18. The van der Waals surface area contributed by atoms with Crippen LogP contribution in [-0.4, -0.2) is 98.5 Å². The number of alkyl halides is 3. The largest absolute Gasteiger partial charge is 0.490 e. The van der Waals surface area contributed by atoms with Crippen LogP contribution < -0.4 is 5.32 Å². The fourth-order valence-electron chi connectivity index (χ4n) is 3.14. The van der Waals surface area contributed by atoms with Gasteiger partial charge in [0.25, 0.3) is 5.91 Å². The van der Waals surface area contributed by atoms with Crippen molar-refractivity contribution in [3.8, 4) is 0 Å². The number of nitrogens with zero attached hydrogens (tertiary/aromatic N) is 2. The van der Waals surface area contributed by atoms with Crippen LogP contribution in [0.3, 0.4) is 0 Å². The topological polar surface area (TPSA) is 116 Å². The van der Waals surface area contributed by atoms with Crippen LogP contribution in [-0.2, 0) is 19.6 Å². The van der Waals surface area contributed by atoms with E-state index in [2.05, 4.69) is 5.32 Å². The Bertz CT molecular complexity index is 837. The van der Waals surface area contributed by atoms with Gasteiger partial charge in [-0.1, -0.05) is 6.07 Å². The third-order valence-electron chi connectivity index (χ3n) is 4.80. The molecule has 0 aliphatic carbocycles. The molecular formula is C18H26F3N3O6S2. The molecule has 182 valence electrons. The van der Waals surface area contributed by atoms with Crippen molar-refractivity contribution >= 4 is 33.2 Å². The summed E-state index contributed by atoms with van der Waals surface area (Å²) in [6, 6.07) is 3.61. The van der Waals surface area contributed by atoms with Gasteiger partial charge in [0.05, 0.1) is 16.7 Å². The van der Waals surface area contributed by atoms with Gasteiger partial charge in [0.2, 0.25) is 10.0 Å². The number of hydrogen-bond donors (Lipinski definition) is 2. The second-order valence-electron chi connectivity index (χ2n) is 7.13. The number of carboxylic acid groups (broad SMARTS) is 1. The summed E-state index contributed by atoms with van der Waals surface area (Å²) in [5, 5.41) is 12.1. The van der Waals surface area contributed by atoms with E-state index in [0.717, 1.165) is 12.8 Å². The zero-order valence-electron chi connectivity index (χ0n) is 17.2. The molecule has 0 spiro atoms. The molecule has 1 aromatic rings. The third-order valence-corrected chi connectivity index (χ3v) is 7.51. The first-order chi connectivity index (χ1) is 15.0. The third kappa shape index (κ3) is 8.31. The number of carbonyl (C=O) groups excluding carboxylic acids is 1. The average molecular weight is 502 g/mol. The monoisotopic (exact) mass is 501 g/mol. The van der Waals surface area contributed by atoms with Crippen molar-refractivity contribution < 1.29 is 41.0 Å². The maximum Gasteiger partial charge on any atom is 0.490 e. The van der Waals surface area contributed by atoms with Crippen molar-refractivity contribution in [2.45, 2.75) is 25.1 Å². The van der Waals surface area contributed by atoms with E-state index < -0.39 is 22.2 Å². The molecule has 0 radical (unpaired) electrons. The molecule has 2 saturated heterocycles. The molecule has 1 atom stereocenters. The first kappa shape index (κ1) is 26.5. The summed E-state index contributed by atoms with van der Waals surface area (Å²) in [5.41, 5.74) is 0. The van der Waals surface area contributed by atoms with E-state index in [1.54, 1.807) is 11.0 Å². The molecule has 2 N–H and O–H groups in total. The Morgan fingerprint density at radius 3 is 2.47 bits per heavy atom. The van der Waals surface area contributed by atoms with Crippen LogP contribution in [0, 0.1) is 0 Å². The van der Waals surface area contributed by atoms with Crippen molar-refractivity contribution in [1.29, 1.82) is 0 Å². The van der Waals surface area contributed by atoms with Crippen LogP contribution in [0.15, 0.2) is 17.5 Å². The molecule has 2 aliphatic rings. The van der Waals surface area contributed by atoms with Crippen molar-refractivity contribution in [2.24, 2.45) is 0 Å². The van der Waals surface area contributed by atoms with Crippen molar-refractivity contribution in [1.82, 2.24) is 14.5 Å². The number of rotatable bonds is 7. The summed E-state index contributed by atoms with van der Waals surface area (Å²) in [7, 11) is -3.35. The van der Waals surface area contributed by atoms with E-state index in [0.29, 0.717) is 44.2 Å². The normalized spacial score (nSPS) is 19.8. The fourth-order valence-corrected chi connectivity index (χ4v) is 5.28. The highest BCUT2D eigenvalue weighted by Gasteiger charge is 2.38. The Kier molecular flexibility index (Phi) is 9.88. The molecule has 3 rings (SSSR count). The molecule has 0 aromatic carbocycles. The molecule has 2 fully saturated rings. The van der Waals surface area contributed by atoms with E-state index in [-0.39, 0.29) is 24.3 Å². The molecule has 1 aromatic heterocycles. The number of carbonyl (C=O) groups is 2. The van der Waals surface area contributed by atoms with Gasteiger partial charge in [-0.3, -0.25) is 4.79 Å². The van der Waals surface area contributed by atoms with Crippen LogP contribution in [0.1, 0.15) is 22.5 Å². The van der Waals surface area contributed by atoms with Gasteiger partial charge in [0.15, 0.2) is 0 Å². The number of aliphatic carboxylic acids is 1. The Balaban J connectivity index is 0.000000451. The summed E-state index contributed by atoms with van der Waals surface area (Å²) in [4.78, 5) is 23.9. The van der Waals surface area contributed by atoms with Gasteiger partial charge in [-0.25, -0.2) is 13.2 Å². The first-order valence-electron chi connectivity index (χ1n) is 9.94. The number of nitrogens with one attached hydrogen (secondary N) is 1. The van der Waals surface area contributed by atoms with Gasteiger partial charge in [-0.15, -0.1) is 11.3 Å². The number of hydrogen-bond acceptors (Lipinski definition) is 7. The maximum atomic E-state index is 12.7. The number of amides is 1. The van der Waals surface area contributed by atoms with E-state index >= 15 is 0 Å². The van der Waals surface area contributed by atoms with E-state index in [1.807, 2.05) is 11.4 Å². The zero-order valence-corrected chi connectivity index (χ0v) is 18.8. The number of sulfonamides is 1. The second kappa shape index (κ2) is 11.9. The van der Waals surface area contributed by atoms with Crippen LogP contribution in [0.2, 0.25) is 0 Å². The molecule has 32 heavy (non-hydrogen) atoms.